The molecule has 0 saturated carbocycles. The molecule has 0 atom stereocenters. The highest BCUT2D eigenvalue weighted by Crippen LogP contribution is 2.26. The third kappa shape index (κ3) is 4.14. The van der Waals surface area contributed by atoms with Crippen LogP contribution in [0.4, 0.5) is 19.1 Å². The Balaban J connectivity index is 1.67. The van der Waals surface area contributed by atoms with Crippen molar-refractivity contribution in [3.05, 3.63) is 71.7 Å². The molecular formula is C21H16F3N5O. The number of nitrogens with one attached hydrogen (secondary N) is 1. The predicted octanol–water partition coefficient (Wildman–Crippen LogP) is 4.51. The summed E-state index contributed by atoms with van der Waals surface area (Å²) < 4.78 is 45.4. The van der Waals surface area contributed by atoms with Crippen molar-refractivity contribution in [2.24, 2.45) is 0 Å². The summed E-state index contributed by atoms with van der Waals surface area (Å²) in [6, 6.07) is 9.53. The van der Waals surface area contributed by atoms with Gasteiger partial charge in [-0.05, 0) is 42.8 Å². The monoisotopic (exact) mass is 411 g/mol. The second-order valence-electron chi connectivity index (χ2n) is 6.32. The summed E-state index contributed by atoms with van der Waals surface area (Å²) in [5, 5.41) is 3.05. The van der Waals surface area contributed by atoms with Gasteiger partial charge in [0.15, 0.2) is 22.8 Å². The van der Waals surface area contributed by atoms with Crippen molar-refractivity contribution < 1.29 is 17.9 Å². The minimum atomic E-state index is -0.976. The van der Waals surface area contributed by atoms with E-state index in [9.17, 15) is 13.2 Å². The molecule has 4 aromatic rings. The van der Waals surface area contributed by atoms with Gasteiger partial charge in [-0.15, -0.1) is 0 Å². The summed E-state index contributed by atoms with van der Waals surface area (Å²) >= 11 is 0. The average molecular weight is 411 g/mol. The number of nitrogens with zero attached hydrogens (tertiary/aromatic N) is 4. The van der Waals surface area contributed by atoms with Gasteiger partial charge in [0.25, 0.3) is 0 Å². The van der Waals surface area contributed by atoms with Gasteiger partial charge in [-0.2, -0.15) is 9.97 Å². The minimum absolute atomic E-state index is 0.209. The second-order valence-corrected chi connectivity index (χ2v) is 6.32. The number of halogens is 3. The highest BCUT2D eigenvalue weighted by molar-refractivity contribution is 5.79. The van der Waals surface area contributed by atoms with Crippen LogP contribution in [0.5, 0.6) is 5.88 Å². The van der Waals surface area contributed by atoms with E-state index in [1.807, 2.05) is 0 Å². The van der Waals surface area contributed by atoms with E-state index in [2.05, 4.69) is 25.3 Å². The first-order valence-corrected chi connectivity index (χ1v) is 9.15. The van der Waals surface area contributed by atoms with Crippen LogP contribution < -0.4 is 10.1 Å². The van der Waals surface area contributed by atoms with Crippen LogP contribution in [0.2, 0.25) is 0 Å². The van der Waals surface area contributed by atoms with Crippen LogP contribution in [-0.4, -0.2) is 26.5 Å². The van der Waals surface area contributed by atoms with E-state index in [1.54, 1.807) is 19.1 Å². The fourth-order valence-corrected chi connectivity index (χ4v) is 2.78. The molecule has 1 N–H and O–H groups in total. The van der Waals surface area contributed by atoms with E-state index >= 15 is 0 Å². The molecule has 4 rings (SSSR count). The molecular weight excluding hydrogens is 395 g/mol. The topological polar surface area (TPSA) is 72.8 Å². The second kappa shape index (κ2) is 8.32. The zero-order chi connectivity index (χ0) is 21.1. The van der Waals surface area contributed by atoms with Gasteiger partial charge in [0, 0.05) is 12.1 Å². The van der Waals surface area contributed by atoms with Crippen LogP contribution in [-0.2, 0) is 6.54 Å². The number of fused-ring (bicyclic) bond motifs is 1. The maximum atomic E-state index is 13.6. The highest BCUT2D eigenvalue weighted by atomic mass is 19.2. The number of hydrogen-bond donors (Lipinski definition) is 1. The molecule has 0 saturated heterocycles. The van der Waals surface area contributed by atoms with E-state index in [1.165, 1.54) is 24.4 Å². The summed E-state index contributed by atoms with van der Waals surface area (Å²) in [5.74, 6) is -1.75. The molecule has 9 heteroatoms. The third-order valence-electron chi connectivity index (χ3n) is 4.24. The molecule has 0 radical (unpaired) electrons. The predicted molar refractivity (Wildman–Crippen MR) is 105 cm³/mol. The first kappa shape index (κ1) is 19.6. The zero-order valence-corrected chi connectivity index (χ0v) is 15.9. The van der Waals surface area contributed by atoms with Crippen LogP contribution in [0.1, 0.15) is 12.5 Å². The molecule has 6 nitrogen and oxygen atoms in total. The van der Waals surface area contributed by atoms with Crippen molar-refractivity contribution in [3.8, 4) is 17.1 Å². The van der Waals surface area contributed by atoms with E-state index in [0.29, 0.717) is 29.9 Å². The zero-order valence-electron chi connectivity index (χ0n) is 15.9. The SMILES string of the molecule is CCOc1nc(NCc2ccc(F)cc2)nc2ncc(-c3ccc(F)c(F)c3)nc12. The Morgan fingerprint density at radius 2 is 1.73 bits per heavy atom. The largest absolute Gasteiger partial charge is 0.476 e. The Hall–Kier alpha value is -3.75. The summed E-state index contributed by atoms with van der Waals surface area (Å²) in [5.41, 5.74) is 2.12. The molecule has 30 heavy (non-hydrogen) atoms. The van der Waals surface area contributed by atoms with Gasteiger partial charge in [0.2, 0.25) is 11.8 Å². The Labute approximate surface area is 169 Å². The van der Waals surface area contributed by atoms with Gasteiger partial charge in [-0.25, -0.2) is 23.1 Å². The molecule has 0 spiro atoms. The smallest absolute Gasteiger partial charge is 0.247 e. The molecule has 0 unspecified atom stereocenters. The molecule has 152 valence electrons. The number of anilines is 1. The fraction of sp³-hybridized carbons (Fsp3) is 0.143. The van der Waals surface area contributed by atoms with Gasteiger partial charge in [-0.3, -0.25) is 0 Å². The Morgan fingerprint density at radius 3 is 2.47 bits per heavy atom. The normalized spacial score (nSPS) is 10.9. The molecule has 0 aliphatic carbocycles. The lowest BCUT2D eigenvalue weighted by molar-refractivity contribution is 0.330. The highest BCUT2D eigenvalue weighted by Gasteiger charge is 2.14. The number of ether oxygens (including phenoxy) is 1. The lowest BCUT2D eigenvalue weighted by atomic mass is 10.1. The minimum Gasteiger partial charge on any atom is -0.476 e. The van der Waals surface area contributed by atoms with Crippen LogP contribution in [0, 0.1) is 17.5 Å². The number of hydrogen-bond acceptors (Lipinski definition) is 6. The average Bonchev–Trinajstić information content (AvgIpc) is 2.75. The van der Waals surface area contributed by atoms with Crippen molar-refractivity contribution >= 4 is 17.1 Å². The number of aromatic nitrogens is 4. The maximum Gasteiger partial charge on any atom is 0.247 e. The molecule has 0 bridgehead atoms. The first-order chi connectivity index (χ1) is 14.5. The summed E-state index contributed by atoms with van der Waals surface area (Å²) in [7, 11) is 0. The van der Waals surface area contributed by atoms with Crippen molar-refractivity contribution in [1.82, 2.24) is 19.9 Å². The Morgan fingerprint density at radius 1 is 0.933 bits per heavy atom. The van der Waals surface area contributed by atoms with Gasteiger partial charge in [0.1, 0.15) is 5.82 Å². The van der Waals surface area contributed by atoms with Crippen molar-refractivity contribution in [2.45, 2.75) is 13.5 Å². The molecule has 0 amide bonds. The van der Waals surface area contributed by atoms with Gasteiger partial charge < -0.3 is 10.1 Å². The van der Waals surface area contributed by atoms with Crippen LogP contribution in [0.15, 0.2) is 48.7 Å². The van der Waals surface area contributed by atoms with Crippen LogP contribution in [0.25, 0.3) is 22.4 Å². The number of benzene rings is 2. The summed E-state index contributed by atoms with van der Waals surface area (Å²) in [4.78, 5) is 17.4. The molecule has 2 aromatic heterocycles. The summed E-state index contributed by atoms with van der Waals surface area (Å²) in [6.07, 6.45) is 1.42. The lowest BCUT2D eigenvalue weighted by Crippen LogP contribution is -2.07. The quantitative estimate of drug-likeness (QED) is 0.503. The molecule has 2 heterocycles. The van der Waals surface area contributed by atoms with Gasteiger partial charge in [0.05, 0.1) is 18.5 Å². The van der Waals surface area contributed by atoms with Crippen molar-refractivity contribution in [1.29, 1.82) is 0 Å². The maximum absolute atomic E-state index is 13.6. The van der Waals surface area contributed by atoms with Gasteiger partial charge in [-0.1, -0.05) is 12.1 Å². The van der Waals surface area contributed by atoms with Crippen LogP contribution in [0.3, 0.4) is 0 Å². The first-order valence-electron chi connectivity index (χ1n) is 9.15. The van der Waals surface area contributed by atoms with Crippen molar-refractivity contribution in [3.63, 3.8) is 0 Å². The van der Waals surface area contributed by atoms with E-state index in [0.717, 1.165) is 17.7 Å². The lowest BCUT2D eigenvalue weighted by Gasteiger charge is -2.10. The van der Waals surface area contributed by atoms with E-state index < -0.39 is 11.6 Å². The van der Waals surface area contributed by atoms with Gasteiger partial charge >= 0.3 is 0 Å². The van der Waals surface area contributed by atoms with Crippen molar-refractivity contribution in [2.75, 3.05) is 11.9 Å². The Bertz CT molecular complexity index is 1200. The molecule has 2 aromatic carbocycles. The fourth-order valence-electron chi connectivity index (χ4n) is 2.78. The molecule has 0 fully saturated rings. The third-order valence-corrected chi connectivity index (χ3v) is 4.24. The standard InChI is InChI=1S/C21H16F3N5O/c1-2-30-20-18-19(25-11-17(27-18)13-5-8-15(23)16(24)9-13)28-21(29-20)26-10-12-3-6-14(22)7-4-12/h3-9,11H,2,10H2,1H3,(H,25,26,28,29). The molecule has 0 aliphatic heterocycles. The Kier molecular flexibility index (Phi) is 5.42. The van der Waals surface area contributed by atoms with E-state index in [-0.39, 0.29) is 23.3 Å². The van der Waals surface area contributed by atoms with Crippen LogP contribution >= 0.6 is 0 Å². The number of rotatable bonds is 6. The molecule has 0 aliphatic rings. The summed E-state index contributed by atoms with van der Waals surface area (Å²) in [6.45, 7) is 2.50. The van der Waals surface area contributed by atoms with E-state index in [4.69, 9.17) is 4.74 Å².